The zero-order valence-corrected chi connectivity index (χ0v) is 10.3. The van der Waals surface area contributed by atoms with E-state index < -0.39 is 0 Å². The molecule has 0 amide bonds. The monoisotopic (exact) mass is 212 g/mol. The van der Waals surface area contributed by atoms with E-state index in [4.69, 9.17) is 4.74 Å². The number of ether oxygens (including phenoxy) is 1. The molecule has 0 aromatic heterocycles. The zero-order chi connectivity index (χ0) is 11.3. The molecule has 0 aromatic rings. The van der Waals surface area contributed by atoms with Gasteiger partial charge in [-0.15, -0.1) is 0 Å². The lowest BCUT2D eigenvalue weighted by atomic mass is 9.85. The Hall–Kier alpha value is -0.370. The second kappa shape index (κ2) is 5.64. The van der Waals surface area contributed by atoms with Crippen molar-refractivity contribution in [2.75, 3.05) is 6.61 Å². The van der Waals surface area contributed by atoms with E-state index in [0.717, 1.165) is 38.7 Å². The molecular formula is C13H24O2. The Labute approximate surface area is 93.4 Å². The van der Waals surface area contributed by atoms with Crippen LogP contribution in [0.15, 0.2) is 0 Å². The number of rotatable bonds is 4. The summed E-state index contributed by atoms with van der Waals surface area (Å²) in [7, 11) is 0. The van der Waals surface area contributed by atoms with Crippen molar-refractivity contribution in [2.24, 2.45) is 5.92 Å². The van der Waals surface area contributed by atoms with Gasteiger partial charge in [-0.25, -0.2) is 0 Å². The zero-order valence-electron chi connectivity index (χ0n) is 10.3. The maximum atomic E-state index is 11.5. The van der Waals surface area contributed by atoms with Crippen LogP contribution in [0.25, 0.3) is 0 Å². The Morgan fingerprint density at radius 2 is 2.07 bits per heavy atom. The van der Waals surface area contributed by atoms with E-state index >= 15 is 0 Å². The van der Waals surface area contributed by atoms with Gasteiger partial charge in [0.2, 0.25) is 0 Å². The molecule has 0 aromatic carbocycles. The molecule has 1 unspecified atom stereocenters. The second-order valence-corrected chi connectivity index (χ2v) is 5.51. The molecule has 88 valence electrons. The van der Waals surface area contributed by atoms with Gasteiger partial charge >= 0.3 is 0 Å². The highest BCUT2D eigenvalue weighted by Crippen LogP contribution is 2.24. The van der Waals surface area contributed by atoms with Crippen LogP contribution >= 0.6 is 0 Å². The van der Waals surface area contributed by atoms with Crippen LogP contribution in [-0.4, -0.2) is 18.0 Å². The van der Waals surface area contributed by atoms with Gasteiger partial charge in [0, 0.05) is 18.9 Å². The van der Waals surface area contributed by atoms with Gasteiger partial charge < -0.3 is 4.74 Å². The molecule has 2 nitrogen and oxygen atoms in total. The third kappa shape index (κ3) is 5.31. The van der Waals surface area contributed by atoms with Crippen molar-refractivity contribution < 1.29 is 9.53 Å². The van der Waals surface area contributed by atoms with Crippen LogP contribution in [0.1, 0.15) is 59.3 Å². The standard InChI is InChI=1S/C13H24O2/c1-13(2,3)15-10-6-8-11-7-4-5-9-12(11)14/h11H,4-10H2,1-3H3. The van der Waals surface area contributed by atoms with Crippen molar-refractivity contribution in [3.8, 4) is 0 Å². The Kier molecular flexibility index (Phi) is 4.78. The summed E-state index contributed by atoms with van der Waals surface area (Å²) in [5, 5.41) is 0. The number of hydrogen-bond acceptors (Lipinski definition) is 2. The Morgan fingerprint density at radius 3 is 2.67 bits per heavy atom. The molecular weight excluding hydrogens is 188 g/mol. The molecule has 1 aliphatic rings. The smallest absolute Gasteiger partial charge is 0.135 e. The lowest BCUT2D eigenvalue weighted by Crippen LogP contribution is -2.22. The molecule has 0 heterocycles. The molecule has 0 aliphatic heterocycles. The first kappa shape index (κ1) is 12.7. The summed E-state index contributed by atoms with van der Waals surface area (Å²) < 4.78 is 5.64. The van der Waals surface area contributed by atoms with Crippen LogP contribution < -0.4 is 0 Å². The van der Waals surface area contributed by atoms with E-state index in [0.29, 0.717) is 11.7 Å². The van der Waals surface area contributed by atoms with Crippen LogP contribution in [0, 0.1) is 5.92 Å². The third-order valence-electron chi connectivity index (χ3n) is 2.91. The molecule has 1 atom stereocenters. The lowest BCUT2D eigenvalue weighted by molar-refractivity contribution is -0.124. The number of ketones is 1. The molecule has 15 heavy (non-hydrogen) atoms. The van der Waals surface area contributed by atoms with Gasteiger partial charge in [0.25, 0.3) is 0 Å². The van der Waals surface area contributed by atoms with Crippen molar-refractivity contribution in [1.82, 2.24) is 0 Å². The summed E-state index contributed by atoms with van der Waals surface area (Å²) in [5.74, 6) is 0.819. The number of Topliss-reactive ketones (excluding diaryl/α,β-unsaturated/α-hetero) is 1. The Balaban J connectivity index is 2.11. The maximum Gasteiger partial charge on any atom is 0.135 e. The fraction of sp³-hybridized carbons (Fsp3) is 0.923. The summed E-state index contributed by atoms with van der Waals surface area (Å²) in [4.78, 5) is 11.5. The summed E-state index contributed by atoms with van der Waals surface area (Å²) >= 11 is 0. The third-order valence-corrected chi connectivity index (χ3v) is 2.91. The topological polar surface area (TPSA) is 26.3 Å². The van der Waals surface area contributed by atoms with Crippen molar-refractivity contribution in [1.29, 1.82) is 0 Å². The van der Waals surface area contributed by atoms with Crippen LogP contribution in [0.3, 0.4) is 0 Å². The molecule has 2 heteroatoms. The van der Waals surface area contributed by atoms with Gasteiger partial charge in [0.05, 0.1) is 5.60 Å². The predicted octanol–water partition coefficient (Wildman–Crippen LogP) is 3.34. The van der Waals surface area contributed by atoms with Crippen LogP contribution in [-0.2, 0) is 9.53 Å². The van der Waals surface area contributed by atoms with Gasteiger partial charge in [-0.1, -0.05) is 6.42 Å². The highest BCUT2D eigenvalue weighted by Gasteiger charge is 2.21. The van der Waals surface area contributed by atoms with Gasteiger partial charge in [0.15, 0.2) is 0 Å². The summed E-state index contributed by atoms with van der Waals surface area (Å²) in [6, 6.07) is 0. The van der Waals surface area contributed by atoms with Crippen molar-refractivity contribution in [3.05, 3.63) is 0 Å². The maximum absolute atomic E-state index is 11.5. The normalized spacial score (nSPS) is 23.1. The minimum Gasteiger partial charge on any atom is -0.376 e. The Morgan fingerprint density at radius 1 is 1.33 bits per heavy atom. The minimum absolute atomic E-state index is 0.0451. The molecule has 0 spiro atoms. The molecule has 1 fully saturated rings. The largest absolute Gasteiger partial charge is 0.376 e. The second-order valence-electron chi connectivity index (χ2n) is 5.51. The van der Waals surface area contributed by atoms with E-state index in [1.165, 1.54) is 6.42 Å². The minimum atomic E-state index is -0.0451. The van der Waals surface area contributed by atoms with Crippen LogP contribution in [0.5, 0.6) is 0 Å². The average molecular weight is 212 g/mol. The fourth-order valence-corrected chi connectivity index (χ4v) is 2.07. The van der Waals surface area contributed by atoms with Gasteiger partial charge in [-0.2, -0.15) is 0 Å². The van der Waals surface area contributed by atoms with Crippen molar-refractivity contribution in [2.45, 2.75) is 64.9 Å². The van der Waals surface area contributed by atoms with E-state index in [2.05, 4.69) is 20.8 Å². The quantitative estimate of drug-likeness (QED) is 0.668. The number of carbonyl (C=O) groups excluding carboxylic acids is 1. The summed E-state index contributed by atoms with van der Waals surface area (Å²) in [6.45, 7) is 6.99. The molecule has 0 bridgehead atoms. The first-order valence-electron chi connectivity index (χ1n) is 6.16. The fourth-order valence-electron chi connectivity index (χ4n) is 2.07. The van der Waals surface area contributed by atoms with Crippen molar-refractivity contribution >= 4 is 5.78 Å². The van der Waals surface area contributed by atoms with E-state index in [1.807, 2.05) is 0 Å². The molecule has 1 saturated carbocycles. The van der Waals surface area contributed by atoms with E-state index in [1.54, 1.807) is 0 Å². The van der Waals surface area contributed by atoms with Gasteiger partial charge in [0.1, 0.15) is 5.78 Å². The highest BCUT2D eigenvalue weighted by atomic mass is 16.5. The van der Waals surface area contributed by atoms with Crippen LogP contribution in [0.4, 0.5) is 0 Å². The summed E-state index contributed by atoms with van der Waals surface area (Å²) in [6.07, 6.45) is 6.30. The Bertz CT molecular complexity index is 203. The molecule has 0 saturated heterocycles. The molecule has 0 radical (unpaired) electrons. The first-order valence-corrected chi connectivity index (χ1v) is 6.16. The first-order chi connectivity index (χ1) is 6.99. The molecule has 1 rings (SSSR count). The van der Waals surface area contributed by atoms with Crippen LogP contribution in [0.2, 0.25) is 0 Å². The summed E-state index contributed by atoms with van der Waals surface area (Å²) in [5.41, 5.74) is -0.0451. The highest BCUT2D eigenvalue weighted by molar-refractivity contribution is 5.81. The van der Waals surface area contributed by atoms with E-state index in [-0.39, 0.29) is 5.60 Å². The van der Waals surface area contributed by atoms with Gasteiger partial charge in [-0.05, 0) is 46.5 Å². The lowest BCUT2D eigenvalue weighted by Gasteiger charge is -2.22. The number of carbonyl (C=O) groups is 1. The number of hydrogen-bond donors (Lipinski definition) is 0. The van der Waals surface area contributed by atoms with E-state index in [9.17, 15) is 4.79 Å². The molecule has 0 N–H and O–H groups in total. The predicted molar refractivity (Wildman–Crippen MR) is 61.9 cm³/mol. The SMILES string of the molecule is CC(C)(C)OCCCC1CCCCC1=O. The van der Waals surface area contributed by atoms with Crippen molar-refractivity contribution in [3.63, 3.8) is 0 Å². The van der Waals surface area contributed by atoms with Gasteiger partial charge in [-0.3, -0.25) is 4.79 Å². The average Bonchev–Trinajstić information content (AvgIpc) is 2.13. The molecule has 1 aliphatic carbocycles.